The molecule has 22 heteroatoms. The highest BCUT2D eigenvalue weighted by atomic mass is 32.2. The summed E-state index contributed by atoms with van der Waals surface area (Å²) >= 11 is 1.60. The first-order valence-corrected chi connectivity index (χ1v) is 22.6. The average Bonchev–Trinajstić information content (AvgIpc) is 4.12. The highest BCUT2D eigenvalue weighted by Crippen LogP contribution is 2.30. The number of hydrogen-bond donors (Lipinski definition) is 5. The van der Waals surface area contributed by atoms with Gasteiger partial charge in [0.1, 0.15) is 29.9 Å². The molecule has 3 amide bonds. The smallest absolute Gasteiger partial charge is 0.296 e. The monoisotopic (exact) mass is 924 g/mol. The molecule has 1 aliphatic rings. The molecule has 0 aliphatic carbocycles. The number of para-hydroxylation sites is 2. The fraction of sp³-hybridized carbons (Fsp3) is 0.311. The molecule has 0 fully saturated rings. The van der Waals surface area contributed by atoms with Gasteiger partial charge in [-0.1, -0.05) is 83.6 Å². The Kier molecular flexibility index (Phi) is 15.0. The predicted molar refractivity (Wildman–Crippen MR) is 249 cm³/mol. The third kappa shape index (κ3) is 11.8. The van der Waals surface area contributed by atoms with Crippen LogP contribution in [0.15, 0.2) is 84.1 Å². The van der Waals surface area contributed by atoms with Crippen molar-refractivity contribution in [3.8, 4) is 28.8 Å². The Morgan fingerprint density at radius 3 is 2.63 bits per heavy atom. The molecule has 6 N–H and O–H groups in total. The summed E-state index contributed by atoms with van der Waals surface area (Å²) in [4.78, 5) is 53.5. The van der Waals surface area contributed by atoms with E-state index in [4.69, 9.17) is 20.2 Å². The van der Waals surface area contributed by atoms with Crippen LogP contribution in [-0.2, 0) is 33.8 Å². The number of aromatic nitrogens is 11. The van der Waals surface area contributed by atoms with E-state index < -0.39 is 17.9 Å². The number of thioether (sulfide) groups is 1. The molecule has 0 bridgehead atoms. The van der Waals surface area contributed by atoms with Crippen molar-refractivity contribution in [3.63, 3.8) is 0 Å². The highest BCUT2D eigenvalue weighted by molar-refractivity contribution is 7.99. The molecule has 0 radical (unpaired) electrons. The van der Waals surface area contributed by atoms with Crippen LogP contribution < -0.4 is 31.3 Å². The van der Waals surface area contributed by atoms with Crippen LogP contribution >= 0.6 is 11.8 Å². The van der Waals surface area contributed by atoms with Crippen molar-refractivity contribution in [2.45, 2.75) is 44.1 Å². The maximum Gasteiger partial charge on any atom is 0.296 e. The number of carbonyl (C=O) groups is 3. The van der Waals surface area contributed by atoms with Gasteiger partial charge in [-0.25, -0.2) is 24.3 Å². The van der Waals surface area contributed by atoms with E-state index in [9.17, 15) is 14.4 Å². The van der Waals surface area contributed by atoms with Crippen LogP contribution in [0, 0.1) is 11.8 Å². The number of aromatic amines is 1. The van der Waals surface area contributed by atoms with Gasteiger partial charge in [0.2, 0.25) is 5.82 Å². The van der Waals surface area contributed by atoms with Gasteiger partial charge >= 0.3 is 0 Å². The molecule has 8 rings (SSSR count). The second-order valence-electron chi connectivity index (χ2n) is 15.2. The van der Waals surface area contributed by atoms with Crippen LogP contribution in [0.3, 0.4) is 0 Å². The second kappa shape index (κ2) is 22.0. The van der Waals surface area contributed by atoms with E-state index in [0.29, 0.717) is 90.8 Å². The van der Waals surface area contributed by atoms with Gasteiger partial charge in [0.05, 0.1) is 38.2 Å². The lowest BCUT2D eigenvalue weighted by molar-refractivity contribution is -0.120. The van der Waals surface area contributed by atoms with Crippen LogP contribution in [0.2, 0.25) is 0 Å². The maximum atomic E-state index is 13.0. The Hall–Kier alpha value is -7.74. The SMILES string of the molecule is CCCSc1nc(NCCN)c2nnn(Cc3ccc(-c4cn(CCOCCNC(=O)C#Cc5ccc(Cc6nc(C(=O)N[C@H]7COc8ccccc8N(C)C7=O)n[nH]6)cc5)nn4)cc3)c2n1. The highest BCUT2D eigenvalue weighted by Gasteiger charge is 2.31. The van der Waals surface area contributed by atoms with Crippen LogP contribution in [0.1, 0.15) is 46.5 Å². The Balaban J connectivity index is 0.732. The van der Waals surface area contributed by atoms with E-state index in [2.05, 4.69) is 75.5 Å². The minimum Gasteiger partial charge on any atom is -0.489 e. The molecule has 5 heterocycles. The summed E-state index contributed by atoms with van der Waals surface area (Å²) in [6, 6.07) is 21.6. The quantitative estimate of drug-likeness (QED) is 0.0338. The second-order valence-corrected chi connectivity index (χ2v) is 16.3. The molecule has 1 atom stereocenters. The number of amides is 3. The van der Waals surface area contributed by atoms with Crippen molar-refractivity contribution < 1.29 is 23.9 Å². The van der Waals surface area contributed by atoms with E-state index in [1.807, 2.05) is 54.7 Å². The van der Waals surface area contributed by atoms with Crippen molar-refractivity contribution in [3.05, 3.63) is 107 Å². The number of rotatable bonds is 19. The van der Waals surface area contributed by atoms with Crippen molar-refractivity contribution >= 4 is 52.2 Å². The van der Waals surface area contributed by atoms with Gasteiger partial charge in [-0.2, -0.15) is 0 Å². The Bertz CT molecular complexity index is 2890. The number of benzene rings is 3. The Morgan fingerprint density at radius 1 is 0.985 bits per heavy atom. The van der Waals surface area contributed by atoms with E-state index in [1.54, 1.807) is 52.4 Å². The molecule has 7 aromatic rings. The lowest BCUT2D eigenvalue weighted by Gasteiger charge is -2.19. The van der Waals surface area contributed by atoms with Gasteiger partial charge in [0, 0.05) is 55.9 Å². The third-order valence-electron chi connectivity index (χ3n) is 10.3. The van der Waals surface area contributed by atoms with Crippen LogP contribution in [0.4, 0.5) is 11.5 Å². The van der Waals surface area contributed by atoms with Gasteiger partial charge in [0.25, 0.3) is 17.7 Å². The molecular weight excluding hydrogens is 877 g/mol. The molecule has 0 saturated carbocycles. The van der Waals surface area contributed by atoms with Crippen molar-refractivity contribution in [1.29, 1.82) is 0 Å². The first kappa shape index (κ1) is 45.8. The largest absolute Gasteiger partial charge is 0.489 e. The first-order valence-electron chi connectivity index (χ1n) is 21.6. The molecule has 344 valence electrons. The predicted octanol–water partition coefficient (Wildman–Crippen LogP) is 2.45. The number of H-pyrrole nitrogens is 1. The maximum absolute atomic E-state index is 13.0. The van der Waals surface area contributed by atoms with Crippen molar-refractivity contribution in [1.82, 2.24) is 65.8 Å². The van der Waals surface area contributed by atoms with Crippen molar-refractivity contribution in [2.24, 2.45) is 5.73 Å². The summed E-state index contributed by atoms with van der Waals surface area (Å²) in [6.07, 6.45) is 3.23. The number of fused-ring (bicyclic) bond motifs is 2. The molecule has 0 saturated heterocycles. The fourth-order valence-corrected chi connectivity index (χ4v) is 7.53. The summed E-state index contributed by atoms with van der Waals surface area (Å²) in [5.41, 5.74) is 11.8. The Morgan fingerprint density at radius 2 is 1.81 bits per heavy atom. The number of nitrogens with one attached hydrogen (secondary N) is 4. The summed E-state index contributed by atoms with van der Waals surface area (Å²) in [5.74, 6) is 6.58. The number of ether oxygens (including phenoxy) is 2. The summed E-state index contributed by atoms with van der Waals surface area (Å²) in [6.45, 7) is 5.05. The zero-order valence-electron chi connectivity index (χ0n) is 36.8. The summed E-state index contributed by atoms with van der Waals surface area (Å²) in [5, 5.41) is 33.5. The number of hydrogen-bond acceptors (Lipinski definition) is 16. The molecule has 0 unspecified atom stereocenters. The third-order valence-corrected chi connectivity index (χ3v) is 11.3. The fourth-order valence-electron chi connectivity index (χ4n) is 6.83. The van der Waals surface area contributed by atoms with Gasteiger partial charge in [-0.15, -0.1) is 15.3 Å². The first-order chi connectivity index (χ1) is 32.7. The van der Waals surface area contributed by atoms with Gasteiger partial charge < -0.3 is 36.1 Å². The number of carbonyl (C=O) groups excluding carboxylic acids is 3. The standard InChI is InChI=1S/C45H48N16O5S/c1-3-24-67-45-51-40(48-19-18-46)39-42(52-45)61(58-55-39)26-31-12-15-32(16-13-31)33-27-60(57-53-33)21-23-65-22-20-47-38(62)17-14-29-8-10-30(11-9-29)25-37-50-41(56-54-37)43(63)49-34-28-66-36-7-5-4-6-35(36)59(2)44(34)64/h4-13,15-16,27,34H,3,18-26,28,46H2,1-2H3,(H,47,62)(H,49,63)(H,48,51,52)(H,50,54,56)/t34-/m0/s1. The number of anilines is 2. The van der Waals surface area contributed by atoms with Crippen LogP contribution in [0.5, 0.6) is 5.75 Å². The van der Waals surface area contributed by atoms with Gasteiger partial charge in [0.15, 0.2) is 22.1 Å². The van der Waals surface area contributed by atoms with E-state index >= 15 is 0 Å². The zero-order valence-corrected chi connectivity index (χ0v) is 37.6. The molecule has 21 nitrogen and oxygen atoms in total. The molecular formula is C45H48N16O5S. The topological polar surface area (TPSA) is 264 Å². The van der Waals surface area contributed by atoms with E-state index in [1.165, 1.54) is 4.90 Å². The van der Waals surface area contributed by atoms with Crippen LogP contribution in [0.25, 0.3) is 22.4 Å². The van der Waals surface area contributed by atoms with E-state index in [-0.39, 0.29) is 24.9 Å². The summed E-state index contributed by atoms with van der Waals surface area (Å²) in [7, 11) is 1.63. The molecule has 4 aromatic heterocycles. The minimum atomic E-state index is -0.915. The number of likely N-dealkylation sites (N-methyl/N-ethyl adjacent to an activating group) is 1. The molecule has 1 aliphatic heterocycles. The number of nitrogens with zero attached hydrogens (tertiary/aromatic N) is 11. The van der Waals surface area contributed by atoms with Gasteiger partial charge in [-0.3, -0.25) is 19.5 Å². The molecule has 67 heavy (non-hydrogen) atoms. The van der Waals surface area contributed by atoms with Gasteiger partial charge in [-0.05, 0) is 41.8 Å². The van der Waals surface area contributed by atoms with E-state index in [0.717, 1.165) is 34.6 Å². The Labute approximate surface area is 389 Å². The minimum absolute atomic E-state index is 0.0268. The lowest BCUT2D eigenvalue weighted by Crippen LogP contribution is -2.49. The van der Waals surface area contributed by atoms with Crippen molar-refractivity contribution in [2.75, 3.05) is 62.5 Å². The summed E-state index contributed by atoms with van der Waals surface area (Å²) < 4.78 is 15.0. The average molecular weight is 925 g/mol. The lowest BCUT2D eigenvalue weighted by atomic mass is 10.1. The molecule has 0 spiro atoms. The molecule has 3 aromatic carbocycles. The number of nitrogens with two attached hydrogens (primary N) is 1. The zero-order chi connectivity index (χ0) is 46.5. The normalized spacial score (nSPS) is 13.3. The van der Waals surface area contributed by atoms with Crippen LogP contribution in [-0.4, -0.2) is 131 Å².